The molecule has 0 saturated carbocycles. The molecule has 2 aromatic rings. The van der Waals surface area contributed by atoms with Crippen LogP contribution in [-0.4, -0.2) is 15.0 Å². The van der Waals surface area contributed by atoms with E-state index in [1.54, 1.807) is 23.7 Å². The maximum atomic E-state index is 4.42. The first-order valence-corrected chi connectivity index (χ1v) is 6.46. The molecule has 0 aliphatic rings. The van der Waals surface area contributed by atoms with Crippen LogP contribution >= 0.6 is 11.3 Å². The summed E-state index contributed by atoms with van der Waals surface area (Å²) < 4.78 is 0. The molecule has 0 spiro atoms. The first kappa shape index (κ1) is 12.1. The summed E-state index contributed by atoms with van der Waals surface area (Å²) in [6, 6.07) is 0.188. The van der Waals surface area contributed by atoms with E-state index in [1.807, 2.05) is 13.8 Å². The minimum absolute atomic E-state index is 0.188. The Kier molecular flexibility index (Phi) is 3.81. The lowest BCUT2D eigenvalue weighted by Crippen LogP contribution is -2.20. The summed E-state index contributed by atoms with van der Waals surface area (Å²) in [5.74, 6) is 0. The van der Waals surface area contributed by atoms with Crippen molar-refractivity contribution in [1.82, 2.24) is 20.3 Å². The van der Waals surface area contributed by atoms with Crippen LogP contribution in [0.1, 0.15) is 35.1 Å². The number of nitrogens with zero attached hydrogens (tertiary/aromatic N) is 3. The Hall–Kier alpha value is -1.33. The summed E-state index contributed by atoms with van der Waals surface area (Å²) in [4.78, 5) is 13.0. The predicted octanol–water partition coefficient (Wildman–Crippen LogP) is 2.40. The Labute approximate surface area is 105 Å². The van der Waals surface area contributed by atoms with Crippen LogP contribution in [0.2, 0.25) is 0 Å². The van der Waals surface area contributed by atoms with E-state index in [0.29, 0.717) is 0 Å². The van der Waals surface area contributed by atoms with Crippen molar-refractivity contribution in [3.05, 3.63) is 39.9 Å². The van der Waals surface area contributed by atoms with Gasteiger partial charge in [0.2, 0.25) is 0 Å². The highest BCUT2D eigenvalue weighted by molar-refractivity contribution is 7.09. The molecule has 2 heterocycles. The van der Waals surface area contributed by atoms with Gasteiger partial charge < -0.3 is 5.32 Å². The summed E-state index contributed by atoms with van der Waals surface area (Å²) >= 11 is 1.68. The lowest BCUT2D eigenvalue weighted by molar-refractivity contribution is 0.554. The molecule has 0 aromatic carbocycles. The first-order valence-electron chi connectivity index (χ1n) is 5.58. The van der Waals surface area contributed by atoms with E-state index < -0.39 is 0 Å². The van der Waals surface area contributed by atoms with Gasteiger partial charge in [-0.1, -0.05) is 0 Å². The molecular formula is C12H16N4S. The van der Waals surface area contributed by atoms with Crippen molar-refractivity contribution in [3.8, 4) is 0 Å². The zero-order chi connectivity index (χ0) is 12.3. The maximum Gasteiger partial charge on any atom is 0.107 e. The van der Waals surface area contributed by atoms with Crippen LogP contribution in [0.25, 0.3) is 0 Å². The van der Waals surface area contributed by atoms with Gasteiger partial charge in [0.25, 0.3) is 0 Å². The van der Waals surface area contributed by atoms with Gasteiger partial charge in [-0.15, -0.1) is 11.3 Å². The lowest BCUT2D eigenvalue weighted by atomic mass is 10.2. The number of thiazole rings is 1. The Morgan fingerprint density at radius 3 is 2.71 bits per heavy atom. The monoisotopic (exact) mass is 248 g/mol. The van der Waals surface area contributed by atoms with Crippen LogP contribution in [0.3, 0.4) is 0 Å². The Morgan fingerprint density at radius 2 is 2.06 bits per heavy atom. The fourth-order valence-electron chi connectivity index (χ4n) is 1.66. The number of hydrogen-bond donors (Lipinski definition) is 1. The molecule has 2 rings (SSSR count). The van der Waals surface area contributed by atoms with Gasteiger partial charge in [-0.2, -0.15) is 0 Å². The average molecular weight is 248 g/mol. The minimum Gasteiger partial charge on any atom is -0.302 e. The van der Waals surface area contributed by atoms with Crippen molar-refractivity contribution in [2.24, 2.45) is 0 Å². The normalized spacial score (nSPS) is 12.6. The van der Waals surface area contributed by atoms with E-state index in [2.05, 4.69) is 32.6 Å². The van der Waals surface area contributed by atoms with E-state index in [0.717, 1.165) is 28.6 Å². The van der Waals surface area contributed by atoms with Crippen molar-refractivity contribution in [1.29, 1.82) is 0 Å². The van der Waals surface area contributed by atoms with Gasteiger partial charge in [-0.25, -0.2) is 4.98 Å². The van der Waals surface area contributed by atoms with Crippen LogP contribution < -0.4 is 5.32 Å². The average Bonchev–Trinajstić information content (AvgIpc) is 2.73. The molecule has 17 heavy (non-hydrogen) atoms. The van der Waals surface area contributed by atoms with E-state index in [1.165, 1.54) is 0 Å². The zero-order valence-electron chi connectivity index (χ0n) is 10.3. The number of rotatable bonds is 4. The summed E-state index contributed by atoms with van der Waals surface area (Å²) in [5.41, 5.74) is 3.05. The van der Waals surface area contributed by atoms with Crippen LogP contribution in [0, 0.1) is 13.8 Å². The van der Waals surface area contributed by atoms with E-state index in [4.69, 9.17) is 0 Å². The van der Waals surface area contributed by atoms with Gasteiger partial charge in [0.05, 0.1) is 11.4 Å². The molecule has 4 nitrogen and oxygen atoms in total. The van der Waals surface area contributed by atoms with Crippen molar-refractivity contribution < 1.29 is 0 Å². The molecular weight excluding hydrogens is 232 g/mol. The van der Waals surface area contributed by atoms with Gasteiger partial charge in [-0.05, 0) is 20.8 Å². The second-order valence-corrected chi connectivity index (χ2v) is 4.95. The fourth-order valence-corrected chi connectivity index (χ4v) is 2.39. The highest BCUT2D eigenvalue weighted by atomic mass is 32.1. The molecule has 0 radical (unpaired) electrons. The molecule has 1 N–H and O–H groups in total. The molecule has 90 valence electrons. The SMILES string of the molecule is Cc1csc(CNC(C)c2nccnc2C)n1. The maximum absolute atomic E-state index is 4.42. The number of aromatic nitrogens is 3. The highest BCUT2D eigenvalue weighted by Crippen LogP contribution is 2.14. The van der Waals surface area contributed by atoms with Gasteiger partial charge in [0.15, 0.2) is 0 Å². The van der Waals surface area contributed by atoms with Gasteiger partial charge in [0.1, 0.15) is 5.01 Å². The molecule has 1 atom stereocenters. The molecule has 0 fully saturated rings. The standard InChI is InChI=1S/C12H16N4S/c1-8-7-17-11(16-8)6-15-10(3)12-9(2)13-4-5-14-12/h4-5,7,10,15H,6H2,1-3H3. The van der Waals surface area contributed by atoms with Crippen molar-refractivity contribution in [2.75, 3.05) is 0 Å². The Bertz CT molecular complexity index is 495. The summed E-state index contributed by atoms with van der Waals surface area (Å²) in [6.07, 6.45) is 3.45. The largest absolute Gasteiger partial charge is 0.302 e. The fraction of sp³-hybridized carbons (Fsp3) is 0.417. The van der Waals surface area contributed by atoms with Crippen LogP contribution in [0.15, 0.2) is 17.8 Å². The smallest absolute Gasteiger partial charge is 0.107 e. The third-order valence-electron chi connectivity index (χ3n) is 2.56. The minimum atomic E-state index is 0.188. The molecule has 0 saturated heterocycles. The second kappa shape index (κ2) is 5.33. The number of nitrogens with one attached hydrogen (secondary N) is 1. The van der Waals surface area contributed by atoms with Gasteiger partial charge in [0, 0.05) is 36.1 Å². The van der Waals surface area contributed by atoms with Crippen LogP contribution in [-0.2, 0) is 6.54 Å². The molecule has 5 heteroatoms. The van der Waals surface area contributed by atoms with E-state index in [-0.39, 0.29) is 6.04 Å². The third kappa shape index (κ3) is 3.08. The van der Waals surface area contributed by atoms with Gasteiger partial charge >= 0.3 is 0 Å². The summed E-state index contributed by atoms with van der Waals surface area (Å²) in [7, 11) is 0. The van der Waals surface area contributed by atoms with Crippen molar-refractivity contribution in [3.63, 3.8) is 0 Å². The Balaban J connectivity index is 1.98. The Morgan fingerprint density at radius 1 is 1.29 bits per heavy atom. The first-order chi connectivity index (χ1) is 8.16. The lowest BCUT2D eigenvalue weighted by Gasteiger charge is -2.13. The van der Waals surface area contributed by atoms with E-state index >= 15 is 0 Å². The van der Waals surface area contributed by atoms with Crippen molar-refractivity contribution in [2.45, 2.75) is 33.4 Å². The second-order valence-electron chi connectivity index (χ2n) is 4.01. The highest BCUT2D eigenvalue weighted by Gasteiger charge is 2.10. The summed E-state index contributed by atoms with van der Waals surface area (Å²) in [5, 5.41) is 6.59. The number of hydrogen-bond acceptors (Lipinski definition) is 5. The predicted molar refractivity (Wildman–Crippen MR) is 68.9 cm³/mol. The third-order valence-corrected chi connectivity index (χ3v) is 3.52. The molecule has 0 aliphatic carbocycles. The van der Waals surface area contributed by atoms with Crippen LogP contribution in [0.4, 0.5) is 0 Å². The topological polar surface area (TPSA) is 50.7 Å². The summed E-state index contributed by atoms with van der Waals surface area (Å²) in [6.45, 7) is 6.86. The quantitative estimate of drug-likeness (QED) is 0.902. The zero-order valence-corrected chi connectivity index (χ0v) is 11.1. The van der Waals surface area contributed by atoms with Gasteiger partial charge in [-0.3, -0.25) is 9.97 Å². The number of aryl methyl sites for hydroxylation is 2. The molecule has 1 unspecified atom stereocenters. The molecule has 0 bridgehead atoms. The van der Waals surface area contributed by atoms with E-state index in [9.17, 15) is 0 Å². The van der Waals surface area contributed by atoms with Crippen LogP contribution in [0.5, 0.6) is 0 Å². The molecule has 0 aliphatic heterocycles. The molecule has 2 aromatic heterocycles. The molecule has 0 amide bonds. The van der Waals surface area contributed by atoms with Crippen molar-refractivity contribution >= 4 is 11.3 Å².